The fourth-order valence-corrected chi connectivity index (χ4v) is 1.73. The molecule has 0 saturated carbocycles. The van der Waals surface area contributed by atoms with Gasteiger partial charge in [-0.15, -0.1) is 0 Å². The molecule has 1 atom stereocenters. The van der Waals surface area contributed by atoms with Crippen LogP contribution in [0.3, 0.4) is 0 Å². The zero-order chi connectivity index (χ0) is 14.0. The highest BCUT2D eigenvalue weighted by molar-refractivity contribution is 5.51. The largest absolute Gasteiger partial charge is 0.464 e. The number of furan rings is 1. The number of non-ortho nitro benzene ring substituents is 1. The molecule has 0 fully saturated rings. The first-order valence-electron chi connectivity index (χ1n) is 5.74. The molecule has 0 radical (unpaired) electrons. The number of hydrogen-bond acceptors (Lipinski definition) is 4. The predicted octanol–water partition coefficient (Wildman–Crippen LogP) is 3.81. The Morgan fingerprint density at radius 2 is 2.11 bits per heavy atom. The molecule has 1 aromatic carbocycles. The Kier molecular flexibility index (Phi) is 3.50. The van der Waals surface area contributed by atoms with Gasteiger partial charge in [-0.1, -0.05) is 0 Å². The average Bonchev–Trinajstić information content (AvgIpc) is 2.78. The van der Waals surface area contributed by atoms with Gasteiger partial charge in [-0.3, -0.25) is 10.1 Å². The topological polar surface area (TPSA) is 68.3 Å². The second-order valence-electron chi connectivity index (χ2n) is 4.24. The van der Waals surface area contributed by atoms with Gasteiger partial charge in [0.2, 0.25) is 0 Å². The second kappa shape index (κ2) is 5.09. The number of nitrogens with one attached hydrogen (secondary N) is 1. The Balaban J connectivity index is 2.17. The second-order valence-corrected chi connectivity index (χ2v) is 4.24. The normalized spacial score (nSPS) is 12.2. The lowest BCUT2D eigenvalue weighted by molar-refractivity contribution is -0.385. The standard InChI is InChI=1S/C13H13FN2O3/c1-8-3-6-13(19-8)9(2)15-12-5-4-10(16(17)18)7-11(12)14/h3-7,9,15H,1-2H3. The lowest BCUT2D eigenvalue weighted by Gasteiger charge is -2.13. The molecule has 0 saturated heterocycles. The van der Waals surface area contributed by atoms with Gasteiger partial charge < -0.3 is 9.73 Å². The molecule has 1 unspecified atom stereocenters. The van der Waals surface area contributed by atoms with E-state index in [1.165, 1.54) is 12.1 Å². The molecule has 0 aliphatic rings. The highest BCUT2D eigenvalue weighted by Gasteiger charge is 2.14. The molecular formula is C13H13FN2O3. The van der Waals surface area contributed by atoms with Crippen molar-refractivity contribution in [3.63, 3.8) is 0 Å². The van der Waals surface area contributed by atoms with E-state index < -0.39 is 10.7 Å². The molecule has 0 bridgehead atoms. The first-order chi connectivity index (χ1) is 8.97. The van der Waals surface area contributed by atoms with Crippen molar-refractivity contribution in [2.45, 2.75) is 19.9 Å². The van der Waals surface area contributed by atoms with Crippen LogP contribution >= 0.6 is 0 Å². The lowest BCUT2D eigenvalue weighted by Crippen LogP contribution is -2.07. The first kappa shape index (κ1) is 13.1. The van der Waals surface area contributed by atoms with E-state index in [0.29, 0.717) is 5.76 Å². The average molecular weight is 264 g/mol. The Morgan fingerprint density at radius 3 is 2.63 bits per heavy atom. The van der Waals surface area contributed by atoms with E-state index in [2.05, 4.69) is 5.32 Å². The van der Waals surface area contributed by atoms with Crippen molar-refractivity contribution >= 4 is 11.4 Å². The van der Waals surface area contributed by atoms with Crippen LogP contribution in [-0.4, -0.2) is 4.92 Å². The summed E-state index contributed by atoms with van der Waals surface area (Å²) in [6.07, 6.45) is 0. The van der Waals surface area contributed by atoms with Crippen LogP contribution in [0.1, 0.15) is 24.5 Å². The number of nitrogens with zero attached hydrogens (tertiary/aromatic N) is 1. The van der Waals surface area contributed by atoms with Crippen LogP contribution in [0.2, 0.25) is 0 Å². The van der Waals surface area contributed by atoms with Gasteiger partial charge in [0.15, 0.2) is 5.82 Å². The summed E-state index contributed by atoms with van der Waals surface area (Å²) in [6.45, 7) is 3.64. The summed E-state index contributed by atoms with van der Waals surface area (Å²) in [5.74, 6) is 0.785. The monoisotopic (exact) mass is 264 g/mol. The van der Waals surface area contributed by atoms with E-state index in [1.807, 2.05) is 19.9 Å². The van der Waals surface area contributed by atoms with Crippen LogP contribution in [0.5, 0.6) is 0 Å². The maximum absolute atomic E-state index is 13.7. The number of halogens is 1. The number of aryl methyl sites for hydroxylation is 1. The highest BCUT2D eigenvalue weighted by Crippen LogP contribution is 2.25. The molecule has 0 aliphatic carbocycles. The highest BCUT2D eigenvalue weighted by atomic mass is 19.1. The number of nitro benzene ring substituents is 1. The van der Waals surface area contributed by atoms with E-state index in [9.17, 15) is 14.5 Å². The molecule has 1 N–H and O–H groups in total. The van der Waals surface area contributed by atoms with Crippen molar-refractivity contribution in [1.29, 1.82) is 0 Å². The van der Waals surface area contributed by atoms with Gasteiger partial charge in [-0.25, -0.2) is 4.39 Å². The molecule has 6 heteroatoms. The molecule has 1 heterocycles. The number of hydrogen-bond donors (Lipinski definition) is 1. The Bertz CT molecular complexity index is 610. The van der Waals surface area contributed by atoms with Gasteiger partial charge in [-0.05, 0) is 32.0 Å². The first-order valence-corrected chi connectivity index (χ1v) is 5.74. The van der Waals surface area contributed by atoms with Crippen LogP contribution in [0.4, 0.5) is 15.8 Å². The smallest absolute Gasteiger partial charge is 0.272 e. The summed E-state index contributed by atoms with van der Waals surface area (Å²) in [5, 5.41) is 13.4. The molecule has 2 aromatic rings. The lowest BCUT2D eigenvalue weighted by atomic mass is 10.2. The predicted molar refractivity (Wildman–Crippen MR) is 68.5 cm³/mol. The summed E-state index contributed by atoms with van der Waals surface area (Å²) in [4.78, 5) is 9.88. The zero-order valence-electron chi connectivity index (χ0n) is 10.5. The number of nitro groups is 1. The Morgan fingerprint density at radius 1 is 1.37 bits per heavy atom. The third-order valence-corrected chi connectivity index (χ3v) is 2.72. The van der Waals surface area contributed by atoms with Gasteiger partial charge in [0.25, 0.3) is 5.69 Å². The van der Waals surface area contributed by atoms with Crippen LogP contribution < -0.4 is 5.32 Å². The van der Waals surface area contributed by atoms with E-state index in [-0.39, 0.29) is 17.4 Å². The third kappa shape index (κ3) is 2.90. The minimum atomic E-state index is -0.663. The molecule has 5 nitrogen and oxygen atoms in total. The summed E-state index contributed by atoms with van der Waals surface area (Å²) in [6, 6.07) is 6.88. The number of benzene rings is 1. The fraction of sp³-hybridized carbons (Fsp3) is 0.231. The maximum Gasteiger partial charge on any atom is 0.272 e. The third-order valence-electron chi connectivity index (χ3n) is 2.72. The summed E-state index contributed by atoms with van der Waals surface area (Å²) in [5.41, 5.74) is -0.0725. The van der Waals surface area contributed by atoms with E-state index in [1.54, 1.807) is 6.07 Å². The molecule has 1 aromatic heterocycles. The van der Waals surface area contributed by atoms with E-state index in [0.717, 1.165) is 11.8 Å². The van der Waals surface area contributed by atoms with Crippen molar-refractivity contribution in [2.24, 2.45) is 0 Å². The van der Waals surface area contributed by atoms with E-state index in [4.69, 9.17) is 4.42 Å². The van der Waals surface area contributed by atoms with Crippen molar-refractivity contribution in [1.82, 2.24) is 0 Å². The zero-order valence-corrected chi connectivity index (χ0v) is 10.5. The Labute approximate surface area is 109 Å². The quantitative estimate of drug-likeness (QED) is 0.673. The SMILES string of the molecule is Cc1ccc(C(C)Nc2ccc([N+](=O)[O-])cc2F)o1. The van der Waals surface area contributed by atoms with Gasteiger partial charge in [0, 0.05) is 6.07 Å². The minimum Gasteiger partial charge on any atom is -0.464 e. The molecular weight excluding hydrogens is 251 g/mol. The molecule has 0 amide bonds. The van der Waals surface area contributed by atoms with Crippen LogP contribution in [0.25, 0.3) is 0 Å². The fourth-order valence-electron chi connectivity index (χ4n) is 1.73. The summed E-state index contributed by atoms with van der Waals surface area (Å²) in [7, 11) is 0. The van der Waals surface area contributed by atoms with Crippen LogP contribution in [-0.2, 0) is 0 Å². The summed E-state index contributed by atoms with van der Waals surface area (Å²) >= 11 is 0. The summed E-state index contributed by atoms with van der Waals surface area (Å²) < 4.78 is 19.1. The minimum absolute atomic E-state index is 0.201. The van der Waals surface area contributed by atoms with Crippen molar-refractivity contribution in [2.75, 3.05) is 5.32 Å². The van der Waals surface area contributed by atoms with Crippen molar-refractivity contribution in [3.8, 4) is 0 Å². The van der Waals surface area contributed by atoms with Gasteiger partial charge in [-0.2, -0.15) is 0 Å². The van der Waals surface area contributed by atoms with E-state index >= 15 is 0 Å². The molecule has 0 aliphatic heterocycles. The van der Waals surface area contributed by atoms with Gasteiger partial charge in [0.1, 0.15) is 11.5 Å². The molecule has 19 heavy (non-hydrogen) atoms. The maximum atomic E-state index is 13.7. The van der Waals surface area contributed by atoms with Crippen LogP contribution in [0.15, 0.2) is 34.7 Å². The number of rotatable bonds is 4. The molecule has 0 spiro atoms. The molecule has 100 valence electrons. The van der Waals surface area contributed by atoms with Gasteiger partial charge >= 0.3 is 0 Å². The Hall–Kier alpha value is -2.37. The number of anilines is 1. The van der Waals surface area contributed by atoms with Gasteiger partial charge in [0.05, 0.1) is 22.7 Å². The van der Waals surface area contributed by atoms with Crippen molar-refractivity contribution < 1.29 is 13.7 Å². The molecule has 2 rings (SSSR count). The van der Waals surface area contributed by atoms with Crippen molar-refractivity contribution in [3.05, 3.63) is 57.8 Å². The van der Waals surface area contributed by atoms with Crippen LogP contribution in [0, 0.1) is 22.9 Å².